The number of halogens is 1. The molecule has 1 fully saturated rings. The van der Waals surface area contributed by atoms with Gasteiger partial charge in [0.05, 0.1) is 16.4 Å². The van der Waals surface area contributed by atoms with Crippen molar-refractivity contribution in [3.63, 3.8) is 0 Å². The van der Waals surface area contributed by atoms with Gasteiger partial charge < -0.3 is 10.0 Å². The van der Waals surface area contributed by atoms with E-state index in [0.29, 0.717) is 5.02 Å². The van der Waals surface area contributed by atoms with Gasteiger partial charge in [0.2, 0.25) is 0 Å². The highest BCUT2D eigenvalue weighted by Gasteiger charge is 2.17. The number of anilines is 1. The summed E-state index contributed by atoms with van der Waals surface area (Å²) in [5, 5.41) is 13.7. The van der Waals surface area contributed by atoms with E-state index in [-0.39, 0.29) is 5.69 Å². The monoisotopic (exact) mass is 305 g/mol. The third kappa shape index (κ3) is 2.61. The SMILES string of the molecule is Cn1nc(C(=O)O)cc1-c1ccc(N2CCCC2)c(Cl)c1. The molecule has 1 aliphatic rings. The number of carbonyl (C=O) groups is 1. The lowest BCUT2D eigenvalue weighted by molar-refractivity contribution is 0.0689. The number of rotatable bonds is 3. The van der Waals surface area contributed by atoms with E-state index in [9.17, 15) is 4.79 Å². The molecule has 0 amide bonds. The highest BCUT2D eigenvalue weighted by atomic mass is 35.5. The van der Waals surface area contributed by atoms with Crippen LogP contribution >= 0.6 is 11.6 Å². The molecule has 21 heavy (non-hydrogen) atoms. The van der Waals surface area contributed by atoms with Gasteiger partial charge in [0.15, 0.2) is 5.69 Å². The van der Waals surface area contributed by atoms with Crippen LogP contribution in [0.25, 0.3) is 11.3 Å². The van der Waals surface area contributed by atoms with Crippen molar-refractivity contribution in [1.29, 1.82) is 0 Å². The molecule has 1 aromatic carbocycles. The molecule has 1 saturated heterocycles. The molecule has 0 radical (unpaired) electrons. The van der Waals surface area contributed by atoms with Crippen molar-refractivity contribution in [2.24, 2.45) is 7.05 Å². The summed E-state index contributed by atoms with van der Waals surface area (Å²) in [6, 6.07) is 7.39. The number of carboxylic acid groups (broad SMARTS) is 1. The van der Waals surface area contributed by atoms with Crippen LogP contribution < -0.4 is 4.90 Å². The minimum Gasteiger partial charge on any atom is -0.476 e. The average Bonchev–Trinajstić information content (AvgIpc) is 3.07. The van der Waals surface area contributed by atoms with Gasteiger partial charge in [-0.15, -0.1) is 0 Å². The molecule has 2 aromatic rings. The van der Waals surface area contributed by atoms with Gasteiger partial charge in [0, 0.05) is 25.7 Å². The molecule has 0 unspecified atom stereocenters. The molecule has 0 saturated carbocycles. The van der Waals surface area contributed by atoms with Crippen LogP contribution in [0.5, 0.6) is 0 Å². The lowest BCUT2D eigenvalue weighted by atomic mass is 10.1. The third-order valence-corrected chi connectivity index (χ3v) is 4.09. The molecule has 0 aliphatic carbocycles. The highest BCUT2D eigenvalue weighted by Crippen LogP contribution is 2.33. The fraction of sp³-hybridized carbons (Fsp3) is 0.333. The Morgan fingerprint density at radius 3 is 2.57 bits per heavy atom. The van der Waals surface area contributed by atoms with Crippen LogP contribution in [0.2, 0.25) is 5.02 Å². The van der Waals surface area contributed by atoms with Gasteiger partial charge in [-0.2, -0.15) is 5.10 Å². The van der Waals surface area contributed by atoms with E-state index in [2.05, 4.69) is 10.00 Å². The smallest absolute Gasteiger partial charge is 0.356 e. The predicted octanol–water partition coefficient (Wildman–Crippen LogP) is 3.04. The lowest BCUT2D eigenvalue weighted by Crippen LogP contribution is -2.17. The normalized spacial score (nSPS) is 14.7. The number of aromatic carboxylic acids is 1. The van der Waals surface area contributed by atoms with Gasteiger partial charge in [-0.1, -0.05) is 17.7 Å². The van der Waals surface area contributed by atoms with Crippen molar-refractivity contribution in [3.8, 4) is 11.3 Å². The fourth-order valence-electron chi connectivity index (χ4n) is 2.72. The number of aromatic nitrogens is 2. The molecule has 5 nitrogen and oxygen atoms in total. The summed E-state index contributed by atoms with van der Waals surface area (Å²) < 4.78 is 1.56. The second-order valence-electron chi connectivity index (χ2n) is 5.20. The Kier molecular flexibility index (Phi) is 3.59. The standard InChI is InChI=1S/C15H16ClN3O2/c1-18-14(9-12(17-18)15(20)21)10-4-5-13(11(16)8-10)19-6-2-3-7-19/h4-5,8-9H,2-3,6-7H2,1H3,(H,20,21). The molecular weight excluding hydrogens is 290 g/mol. The molecular formula is C15H16ClN3O2. The maximum atomic E-state index is 11.0. The van der Waals surface area contributed by atoms with Crippen molar-refractivity contribution in [3.05, 3.63) is 35.0 Å². The number of benzene rings is 1. The van der Waals surface area contributed by atoms with Gasteiger partial charge in [-0.25, -0.2) is 4.79 Å². The molecule has 2 heterocycles. The highest BCUT2D eigenvalue weighted by molar-refractivity contribution is 6.33. The van der Waals surface area contributed by atoms with E-state index in [4.69, 9.17) is 16.7 Å². The quantitative estimate of drug-likeness (QED) is 0.947. The van der Waals surface area contributed by atoms with E-state index in [1.54, 1.807) is 17.8 Å². The minimum atomic E-state index is -1.03. The summed E-state index contributed by atoms with van der Waals surface area (Å²) in [6.45, 7) is 2.07. The van der Waals surface area contributed by atoms with Crippen LogP contribution in [0.4, 0.5) is 5.69 Å². The van der Waals surface area contributed by atoms with Crippen molar-refractivity contribution < 1.29 is 9.90 Å². The molecule has 0 bridgehead atoms. The van der Waals surface area contributed by atoms with Crippen LogP contribution in [0.1, 0.15) is 23.3 Å². The van der Waals surface area contributed by atoms with Crippen LogP contribution in [0.15, 0.2) is 24.3 Å². The van der Waals surface area contributed by atoms with Gasteiger partial charge in [-0.05, 0) is 31.0 Å². The fourth-order valence-corrected chi connectivity index (χ4v) is 3.02. The van der Waals surface area contributed by atoms with Crippen molar-refractivity contribution in [1.82, 2.24) is 9.78 Å². The van der Waals surface area contributed by atoms with E-state index >= 15 is 0 Å². The van der Waals surface area contributed by atoms with Gasteiger partial charge in [0.25, 0.3) is 0 Å². The molecule has 0 atom stereocenters. The molecule has 1 N–H and O–H groups in total. The molecule has 1 aromatic heterocycles. The zero-order chi connectivity index (χ0) is 15.0. The Morgan fingerprint density at radius 2 is 2.00 bits per heavy atom. The first kappa shape index (κ1) is 13.9. The van der Waals surface area contributed by atoms with Crippen molar-refractivity contribution >= 4 is 23.3 Å². The van der Waals surface area contributed by atoms with Crippen molar-refractivity contribution in [2.75, 3.05) is 18.0 Å². The maximum Gasteiger partial charge on any atom is 0.356 e. The van der Waals surface area contributed by atoms with E-state index in [0.717, 1.165) is 30.0 Å². The zero-order valence-electron chi connectivity index (χ0n) is 11.7. The first-order valence-electron chi connectivity index (χ1n) is 6.88. The Bertz CT molecular complexity index is 690. The van der Waals surface area contributed by atoms with E-state index in [1.165, 1.54) is 12.8 Å². The Morgan fingerprint density at radius 1 is 1.29 bits per heavy atom. The Labute approximate surface area is 127 Å². The first-order chi connectivity index (χ1) is 10.1. The van der Waals surface area contributed by atoms with Gasteiger partial charge in [0.1, 0.15) is 0 Å². The molecule has 1 aliphatic heterocycles. The number of carboxylic acids is 1. The molecule has 6 heteroatoms. The lowest BCUT2D eigenvalue weighted by Gasteiger charge is -2.19. The minimum absolute atomic E-state index is 0.0345. The Balaban J connectivity index is 1.96. The largest absolute Gasteiger partial charge is 0.476 e. The number of hydrogen-bond acceptors (Lipinski definition) is 3. The topological polar surface area (TPSA) is 58.4 Å². The van der Waals surface area contributed by atoms with Crippen LogP contribution in [0, 0.1) is 0 Å². The average molecular weight is 306 g/mol. The van der Waals surface area contributed by atoms with Crippen LogP contribution in [-0.4, -0.2) is 33.9 Å². The Hall–Kier alpha value is -2.01. The summed E-state index contributed by atoms with van der Waals surface area (Å²) in [5.41, 5.74) is 2.68. The third-order valence-electron chi connectivity index (χ3n) is 3.79. The first-order valence-corrected chi connectivity index (χ1v) is 7.26. The summed E-state index contributed by atoms with van der Waals surface area (Å²) >= 11 is 6.39. The molecule has 3 rings (SSSR count). The van der Waals surface area contributed by atoms with Crippen LogP contribution in [0.3, 0.4) is 0 Å². The van der Waals surface area contributed by atoms with Gasteiger partial charge >= 0.3 is 5.97 Å². The van der Waals surface area contributed by atoms with Gasteiger partial charge in [-0.3, -0.25) is 4.68 Å². The zero-order valence-corrected chi connectivity index (χ0v) is 12.5. The molecule has 110 valence electrons. The number of aryl methyl sites for hydroxylation is 1. The molecule has 0 spiro atoms. The van der Waals surface area contributed by atoms with E-state index in [1.807, 2.05) is 18.2 Å². The number of hydrogen-bond donors (Lipinski definition) is 1. The van der Waals surface area contributed by atoms with E-state index < -0.39 is 5.97 Å². The van der Waals surface area contributed by atoms with Crippen LogP contribution in [-0.2, 0) is 7.05 Å². The second kappa shape index (κ2) is 5.41. The summed E-state index contributed by atoms with van der Waals surface area (Å²) in [4.78, 5) is 13.3. The summed E-state index contributed by atoms with van der Waals surface area (Å²) in [7, 11) is 1.73. The number of nitrogens with zero attached hydrogens (tertiary/aromatic N) is 3. The second-order valence-corrected chi connectivity index (χ2v) is 5.61. The summed E-state index contributed by atoms with van der Waals surface area (Å²) in [6.07, 6.45) is 2.39. The van der Waals surface area contributed by atoms with Crippen molar-refractivity contribution in [2.45, 2.75) is 12.8 Å². The predicted molar refractivity (Wildman–Crippen MR) is 82.1 cm³/mol. The maximum absolute atomic E-state index is 11.0. The summed E-state index contributed by atoms with van der Waals surface area (Å²) in [5.74, 6) is -1.03.